The van der Waals surface area contributed by atoms with E-state index < -0.39 is 0 Å². The lowest BCUT2D eigenvalue weighted by Gasteiger charge is -2.21. The predicted molar refractivity (Wildman–Crippen MR) is 59.3 cm³/mol. The number of piperidine rings is 1. The molecular formula is C10H14N2S. The van der Waals surface area contributed by atoms with Gasteiger partial charge < -0.3 is 5.32 Å². The summed E-state index contributed by atoms with van der Waals surface area (Å²) in [5, 5.41) is 3.38. The van der Waals surface area contributed by atoms with Gasteiger partial charge in [0, 0.05) is 24.7 Å². The molecule has 70 valence electrons. The van der Waals surface area contributed by atoms with Crippen LogP contribution >= 0.6 is 12.6 Å². The molecule has 3 heteroatoms. The van der Waals surface area contributed by atoms with Crippen LogP contribution in [0.5, 0.6) is 0 Å². The highest BCUT2D eigenvalue weighted by Gasteiger charge is 2.20. The van der Waals surface area contributed by atoms with Crippen molar-refractivity contribution < 1.29 is 0 Å². The average molecular weight is 194 g/mol. The molecule has 1 fully saturated rings. The molecule has 2 nitrogen and oxygen atoms in total. The Bertz CT molecular complexity index is 300. The Balaban J connectivity index is 2.34. The van der Waals surface area contributed by atoms with Crippen molar-refractivity contribution in [2.75, 3.05) is 6.54 Å². The number of fused-ring (bicyclic) bond motifs is 1. The van der Waals surface area contributed by atoms with Gasteiger partial charge in [-0.2, -0.15) is 12.6 Å². The largest absolute Gasteiger partial charge is 0.385 e. The first-order valence-electron chi connectivity index (χ1n) is 4.60. The van der Waals surface area contributed by atoms with E-state index in [4.69, 9.17) is 0 Å². The summed E-state index contributed by atoms with van der Waals surface area (Å²) in [4.78, 5) is 4.25. The van der Waals surface area contributed by atoms with Crippen LogP contribution in [-0.4, -0.2) is 17.5 Å². The van der Waals surface area contributed by atoms with Crippen molar-refractivity contribution in [1.82, 2.24) is 5.32 Å². The standard InChI is InChI=1S/C10H14N2S/c1-10(13)5-9-8(6-11-7-10)3-2-4-12-9/h5-7,12-13H,2-4H2,1H3. The second kappa shape index (κ2) is 3.22. The first kappa shape index (κ1) is 8.88. The second-order valence-electron chi connectivity index (χ2n) is 3.75. The fourth-order valence-corrected chi connectivity index (χ4v) is 1.83. The minimum Gasteiger partial charge on any atom is -0.385 e. The van der Waals surface area contributed by atoms with Crippen LogP contribution in [0.1, 0.15) is 19.8 Å². The number of hydrogen-bond donors (Lipinski definition) is 2. The summed E-state index contributed by atoms with van der Waals surface area (Å²) in [7, 11) is 0. The molecule has 0 aromatic heterocycles. The molecule has 2 rings (SSSR count). The fourth-order valence-electron chi connectivity index (χ4n) is 1.64. The van der Waals surface area contributed by atoms with Gasteiger partial charge in [0.1, 0.15) is 0 Å². The molecule has 1 saturated heterocycles. The molecule has 0 aromatic rings. The van der Waals surface area contributed by atoms with Gasteiger partial charge in [-0.05, 0) is 31.4 Å². The second-order valence-corrected chi connectivity index (χ2v) is 4.71. The molecule has 1 atom stereocenters. The van der Waals surface area contributed by atoms with E-state index in [-0.39, 0.29) is 4.75 Å². The highest BCUT2D eigenvalue weighted by molar-refractivity contribution is 7.82. The first-order valence-corrected chi connectivity index (χ1v) is 5.05. The molecule has 1 N–H and O–H groups in total. The minimum atomic E-state index is -0.224. The van der Waals surface area contributed by atoms with Crippen molar-refractivity contribution in [3.05, 3.63) is 23.5 Å². The molecule has 2 heterocycles. The molecule has 0 aromatic carbocycles. The summed E-state index contributed by atoms with van der Waals surface area (Å²) >= 11 is 4.50. The van der Waals surface area contributed by atoms with Crippen molar-refractivity contribution in [2.45, 2.75) is 24.5 Å². The van der Waals surface area contributed by atoms with Crippen molar-refractivity contribution in [3.8, 4) is 0 Å². The Morgan fingerprint density at radius 3 is 3.31 bits per heavy atom. The van der Waals surface area contributed by atoms with Gasteiger partial charge >= 0.3 is 0 Å². The third-order valence-electron chi connectivity index (χ3n) is 2.29. The zero-order valence-corrected chi connectivity index (χ0v) is 8.64. The lowest BCUT2D eigenvalue weighted by Crippen LogP contribution is -2.25. The summed E-state index contributed by atoms with van der Waals surface area (Å²) in [5.41, 5.74) is 2.52. The number of thiol groups is 1. The number of aliphatic imine (C=N–C) groups is 1. The summed E-state index contributed by atoms with van der Waals surface area (Å²) in [6.07, 6.45) is 8.27. The van der Waals surface area contributed by atoms with Crippen LogP contribution in [0.2, 0.25) is 0 Å². The maximum absolute atomic E-state index is 4.50. The molecule has 0 aliphatic carbocycles. The van der Waals surface area contributed by atoms with Crippen LogP contribution in [0.15, 0.2) is 28.5 Å². The molecule has 0 spiro atoms. The maximum Gasteiger partial charge on any atom is 0.0654 e. The van der Waals surface area contributed by atoms with Gasteiger partial charge in [-0.15, -0.1) is 0 Å². The Hall–Kier alpha value is -0.700. The van der Waals surface area contributed by atoms with Gasteiger partial charge in [0.25, 0.3) is 0 Å². The average Bonchev–Trinajstić information content (AvgIpc) is 2.21. The molecule has 0 radical (unpaired) electrons. The van der Waals surface area contributed by atoms with E-state index >= 15 is 0 Å². The van der Waals surface area contributed by atoms with Crippen molar-refractivity contribution >= 4 is 18.8 Å². The molecule has 13 heavy (non-hydrogen) atoms. The van der Waals surface area contributed by atoms with E-state index in [0.29, 0.717) is 0 Å². The number of rotatable bonds is 0. The summed E-state index contributed by atoms with van der Waals surface area (Å²) in [6.45, 7) is 3.10. The topological polar surface area (TPSA) is 24.4 Å². The molecule has 1 unspecified atom stereocenters. The van der Waals surface area contributed by atoms with E-state index in [1.54, 1.807) is 0 Å². The molecule has 0 bridgehead atoms. The first-order chi connectivity index (χ1) is 6.17. The third-order valence-corrected chi connectivity index (χ3v) is 2.53. The van der Waals surface area contributed by atoms with E-state index in [0.717, 1.165) is 13.0 Å². The van der Waals surface area contributed by atoms with Gasteiger partial charge in [-0.1, -0.05) is 0 Å². The summed E-state index contributed by atoms with van der Waals surface area (Å²) in [5.74, 6) is 0. The van der Waals surface area contributed by atoms with Crippen LogP contribution < -0.4 is 5.32 Å². The lowest BCUT2D eigenvalue weighted by molar-refractivity contribution is 0.665. The Labute approximate surface area is 84.2 Å². The SMILES string of the molecule is CC1(S)C=NC=C2CCCNC2=C1. The Morgan fingerprint density at radius 2 is 2.46 bits per heavy atom. The Kier molecular flexibility index (Phi) is 2.20. The molecule has 2 aliphatic heterocycles. The van der Waals surface area contributed by atoms with Gasteiger partial charge in [0.05, 0.1) is 4.75 Å². The summed E-state index contributed by atoms with van der Waals surface area (Å²) in [6, 6.07) is 0. The third kappa shape index (κ3) is 1.97. The van der Waals surface area contributed by atoms with Crippen LogP contribution in [0.4, 0.5) is 0 Å². The maximum atomic E-state index is 4.50. The highest BCUT2D eigenvalue weighted by Crippen LogP contribution is 2.25. The van der Waals surface area contributed by atoms with Crippen LogP contribution in [-0.2, 0) is 0 Å². The monoisotopic (exact) mass is 194 g/mol. The van der Waals surface area contributed by atoms with Gasteiger partial charge in [-0.3, -0.25) is 4.99 Å². The zero-order valence-electron chi connectivity index (χ0n) is 7.75. The fraction of sp³-hybridized carbons (Fsp3) is 0.500. The van der Waals surface area contributed by atoms with Gasteiger partial charge in [0.2, 0.25) is 0 Å². The van der Waals surface area contributed by atoms with Gasteiger partial charge in [0.15, 0.2) is 0 Å². The number of allylic oxidation sites excluding steroid dienone is 1. The van der Waals surface area contributed by atoms with Crippen LogP contribution in [0.25, 0.3) is 0 Å². The zero-order chi connectivity index (χ0) is 9.31. The molecular weight excluding hydrogens is 180 g/mol. The normalized spacial score (nSPS) is 32.5. The minimum absolute atomic E-state index is 0.224. The lowest BCUT2D eigenvalue weighted by atomic mass is 10.0. The highest BCUT2D eigenvalue weighted by atomic mass is 32.1. The van der Waals surface area contributed by atoms with Crippen LogP contribution in [0, 0.1) is 0 Å². The van der Waals surface area contributed by atoms with E-state index in [1.807, 2.05) is 19.3 Å². The van der Waals surface area contributed by atoms with Crippen molar-refractivity contribution in [1.29, 1.82) is 0 Å². The quantitative estimate of drug-likeness (QED) is 0.566. The van der Waals surface area contributed by atoms with E-state index in [9.17, 15) is 0 Å². The number of nitrogens with zero attached hydrogens (tertiary/aromatic N) is 1. The van der Waals surface area contributed by atoms with Crippen molar-refractivity contribution in [3.63, 3.8) is 0 Å². The van der Waals surface area contributed by atoms with E-state index in [1.165, 1.54) is 17.7 Å². The summed E-state index contributed by atoms with van der Waals surface area (Å²) < 4.78 is -0.224. The molecule has 0 amide bonds. The molecule has 2 aliphatic rings. The van der Waals surface area contributed by atoms with Crippen molar-refractivity contribution in [2.24, 2.45) is 4.99 Å². The smallest absolute Gasteiger partial charge is 0.0654 e. The van der Waals surface area contributed by atoms with Gasteiger partial charge in [-0.25, -0.2) is 0 Å². The number of hydrogen-bond acceptors (Lipinski definition) is 3. The predicted octanol–water partition coefficient (Wildman–Crippen LogP) is 1.91. The number of nitrogens with one attached hydrogen (secondary N) is 1. The molecule has 0 saturated carbocycles. The Morgan fingerprint density at radius 1 is 1.62 bits per heavy atom. The van der Waals surface area contributed by atoms with Crippen LogP contribution in [0.3, 0.4) is 0 Å². The van der Waals surface area contributed by atoms with E-state index in [2.05, 4.69) is 29.0 Å².